The van der Waals surface area contributed by atoms with Gasteiger partial charge in [-0.25, -0.2) is 0 Å². The zero-order chi connectivity index (χ0) is 31.8. The van der Waals surface area contributed by atoms with Gasteiger partial charge in [-0.1, -0.05) is 116 Å². The molecule has 0 N–H and O–H groups in total. The normalized spacial score (nSPS) is 14.4. The molecule has 9 aromatic rings. The average molecular weight is 613 g/mol. The van der Waals surface area contributed by atoms with Crippen LogP contribution < -0.4 is 0 Å². The molecule has 1 aliphatic rings. The SMILES string of the molecule is CC1CC=Cc2c1c1ccccc1n2-c1ccc(-c2cc(-c3ccc(-c4cccnc4)cc3)c3ccc4cccc5ccc2c3c45)cc1. The van der Waals surface area contributed by atoms with Gasteiger partial charge in [0.05, 0.1) is 5.52 Å². The van der Waals surface area contributed by atoms with E-state index in [1.807, 2.05) is 18.5 Å². The van der Waals surface area contributed by atoms with Crippen molar-refractivity contribution in [2.24, 2.45) is 0 Å². The number of pyridine rings is 1. The van der Waals surface area contributed by atoms with Gasteiger partial charge < -0.3 is 4.57 Å². The van der Waals surface area contributed by atoms with E-state index >= 15 is 0 Å². The molecule has 10 rings (SSSR count). The molecule has 0 bridgehead atoms. The van der Waals surface area contributed by atoms with Gasteiger partial charge in [-0.15, -0.1) is 0 Å². The summed E-state index contributed by atoms with van der Waals surface area (Å²) in [6, 6.07) is 49.4. The van der Waals surface area contributed by atoms with E-state index in [1.54, 1.807) is 0 Å². The second-order valence-corrected chi connectivity index (χ2v) is 13.2. The Morgan fingerprint density at radius 3 is 1.98 bits per heavy atom. The lowest BCUT2D eigenvalue weighted by Crippen LogP contribution is -2.03. The maximum atomic E-state index is 4.33. The minimum Gasteiger partial charge on any atom is -0.310 e. The predicted octanol–water partition coefficient (Wildman–Crippen LogP) is 12.4. The monoisotopic (exact) mass is 612 g/mol. The van der Waals surface area contributed by atoms with Crippen LogP contribution in [0.15, 0.2) is 152 Å². The molecule has 2 heterocycles. The van der Waals surface area contributed by atoms with Crippen LogP contribution in [0.1, 0.15) is 30.5 Å². The van der Waals surface area contributed by atoms with Crippen LogP contribution in [-0.2, 0) is 0 Å². The van der Waals surface area contributed by atoms with Crippen LogP contribution in [0.3, 0.4) is 0 Å². The zero-order valence-corrected chi connectivity index (χ0v) is 26.7. The lowest BCUT2D eigenvalue weighted by atomic mass is 9.85. The van der Waals surface area contributed by atoms with Crippen molar-refractivity contribution in [2.45, 2.75) is 19.3 Å². The van der Waals surface area contributed by atoms with Crippen LogP contribution in [0, 0.1) is 0 Å². The van der Waals surface area contributed by atoms with Crippen LogP contribution >= 0.6 is 0 Å². The highest BCUT2D eigenvalue weighted by atomic mass is 15.0. The Kier molecular flexibility index (Phi) is 5.95. The van der Waals surface area contributed by atoms with Crippen molar-refractivity contribution in [1.82, 2.24) is 9.55 Å². The number of para-hydroxylation sites is 1. The summed E-state index contributed by atoms with van der Waals surface area (Å²) in [6.07, 6.45) is 9.48. The van der Waals surface area contributed by atoms with Crippen molar-refractivity contribution in [2.75, 3.05) is 0 Å². The van der Waals surface area contributed by atoms with Crippen molar-refractivity contribution < 1.29 is 0 Å². The molecular formula is C46H32N2. The molecule has 2 aromatic heterocycles. The second kappa shape index (κ2) is 10.5. The van der Waals surface area contributed by atoms with E-state index < -0.39 is 0 Å². The standard InChI is InChI=1S/C46H32N2/c1-29-7-4-13-43-44(29)39-11-2-3-12-42(39)48(43)36-22-18-32(19-23-36)41-27-40(31-16-14-30(15-17-31)35-10-6-26-47-28-35)37-24-20-33-8-5-9-34-21-25-38(41)46(37)45(33)34/h2-6,8-29H,7H2,1H3. The third-order valence-electron chi connectivity index (χ3n) is 10.5. The Balaban J connectivity index is 1.17. The number of benzene rings is 7. The Morgan fingerprint density at radius 1 is 0.583 bits per heavy atom. The molecule has 1 unspecified atom stereocenters. The summed E-state index contributed by atoms with van der Waals surface area (Å²) in [4.78, 5) is 4.33. The molecule has 0 fully saturated rings. The lowest BCUT2D eigenvalue weighted by Gasteiger charge is -2.19. The third kappa shape index (κ3) is 4.02. The van der Waals surface area contributed by atoms with Gasteiger partial charge >= 0.3 is 0 Å². The predicted molar refractivity (Wildman–Crippen MR) is 203 cm³/mol. The van der Waals surface area contributed by atoms with Gasteiger partial charge in [0.25, 0.3) is 0 Å². The van der Waals surface area contributed by atoms with Crippen LogP contribution in [0.25, 0.3) is 88.4 Å². The first-order valence-corrected chi connectivity index (χ1v) is 16.8. The van der Waals surface area contributed by atoms with E-state index in [0.717, 1.165) is 12.0 Å². The molecule has 48 heavy (non-hydrogen) atoms. The maximum Gasteiger partial charge on any atom is 0.0537 e. The van der Waals surface area contributed by atoms with Crippen molar-refractivity contribution in [3.05, 3.63) is 163 Å². The molecule has 1 atom stereocenters. The fourth-order valence-electron chi connectivity index (χ4n) is 8.22. The van der Waals surface area contributed by atoms with Crippen LogP contribution in [0.4, 0.5) is 0 Å². The fourth-order valence-corrected chi connectivity index (χ4v) is 8.22. The number of nitrogens with zero attached hydrogens (tertiary/aromatic N) is 2. The largest absolute Gasteiger partial charge is 0.310 e. The molecule has 7 aromatic carbocycles. The number of rotatable bonds is 4. The van der Waals surface area contributed by atoms with Crippen molar-refractivity contribution in [1.29, 1.82) is 0 Å². The van der Waals surface area contributed by atoms with Gasteiger partial charge in [0, 0.05) is 29.2 Å². The summed E-state index contributed by atoms with van der Waals surface area (Å²) < 4.78 is 2.44. The topological polar surface area (TPSA) is 17.8 Å². The van der Waals surface area contributed by atoms with Gasteiger partial charge in [-0.3, -0.25) is 4.98 Å². The molecule has 2 heteroatoms. The second-order valence-electron chi connectivity index (χ2n) is 13.2. The highest BCUT2D eigenvalue weighted by Gasteiger charge is 2.23. The Hall–Kier alpha value is -5.99. The molecule has 0 saturated heterocycles. The van der Waals surface area contributed by atoms with Gasteiger partial charge in [0.2, 0.25) is 0 Å². The summed E-state index contributed by atoms with van der Waals surface area (Å²) in [6.45, 7) is 2.35. The Morgan fingerprint density at radius 2 is 1.27 bits per heavy atom. The van der Waals surface area contributed by atoms with E-state index in [2.05, 4.69) is 156 Å². The van der Waals surface area contributed by atoms with E-state index in [-0.39, 0.29) is 0 Å². The van der Waals surface area contributed by atoms with Crippen LogP contribution in [0.2, 0.25) is 0 Å². The van der Waals surface area contributed by atoms with E-state index in [9.17, 15) is 0 Å². The average Bonchev–Trinajstić information content (AvgIpc) is 3.50. The molecule has 0 radical (unpaired) electrons. The maximum absolute atomic E-state index is 4.33. The first kappa shape index (κ1) is 27.2. The number of fused-ring (bicyclic) bond motifs is 3. The van der Waals surface area contributed by atoms with Crippen LogP contribution in [-0.4, -0.2) is 9.55 Å². The quantitative estimate of drug-likeness (QED) is 0.181. The smallest absolute Gasteiger partial charge is 0.0537 e. The zero-order valence-electron chi connectivity index (χ0n) is 26.7. The molecule has 2 nitrogen and oxygen atoms in total. The molecule has 0 aliphatic heterocycles. The van der Waals surface area contributed by atoms with Crippen LogP contribution in [0.5, 0.6) is 0 Å². The van der Waals surface area contributed by atoms with E-state index in [4.69, 9.17) is 0 Å². The van der Waals surface area contributed by atoms with Crippen molar-refractivity contribution in [3.63, 3.8) is 0 Å². The van der Waals surface area contributed by atoms with Gasteiger partial charge in [0.15, 0.2) is 0 Å². The van der Waals surface area contributed by atoms with E-state index in [0.29, 0.717) is 5.92 Å². The molecule has 1 aliphatic carbocycles. The summed E-state index contributed by atoms with van der Waals surface area (Å²) in [5, 5.41) is 9.17. The summed E-state index contributed by atoms with van der Waals surface area (Å²) in [7, 11) is 0. The highest BCUT2D eigenvalue weighted by molar-refractivity contribution is 6.28. The summed E-state index contributed by atoms with van der Waals surface area (Å²) in [5.41, 5.74) is 12.5. The third-order valence-corrected chi connectivity index (χ3v) is 10.5. The Labute approximate surface area is 279 Å². The van der Waals surface area contributed by atoms with Crippen molar-refractivity contribution >= 4 is 49.3 Å². The first-order valence-electron chi connectivity index (χ1n) is 16.8. The lowest BCUT2D eigenvalue weighted by molar-refractivity contribution is 0.773. The minimum absolute atomic E-state index is 0.504. The summed E-state index contributed by atoms with van der Waals surface area (Å²) >= 11 is 0. The van der Waals surface area contributed by atoms with Gasteiger partial charge in [0.1, 0.15) is 0 Å². The Bertz CT molecular complexity index is 2660. The molecule has 0 amide bonds. The van der Waals surface area contributed by atoms with Crippen molar-refractivity contribution in [3.8, 4) is 39.1 Å². The summed E-state index contributed by atoms with van der Waals surface area (Å²) in [5.74, 6) is 0.504. The number of hydrogen-bond donors (Lipinski definition) is 0. The number of aromatic nitrogens is 2. The molecule has 0 saturated carbocycles. The number of allylic oxidation sites excluding steroid dienone is 1. The molecule has 0 spiro atoms. The fraction of sp³-hybridized carbons (Fsp3) is 0.0652. The van der Waals surface area contributed by atoms with E-state index in [1.165, 1.54) is 88.0 Å². The minimum atomic E-state index is 0.504. The highest BCUT2D eigenvalue weighted by Crippen LogP contribution is 2.45. The molecule has 226 valence electrons. The van der Waals surface area contributed by atoms with Gasteiger partial charge in [-0.2, -0.15) is 0 Å². The molecular weight excluding hydrogens is 581 g/mol. The first-order chi connectivity index (χ1) is 23.7. The van der Waals surface area contributed by atoms with Gasteiger partial charge in [-0.05, 0) is 120 Å². The number of hydrogen-bond acceptors (Lipinski definition) is 1.